The van der Waals surface area contributed by atoms with E-state index in [2.05, 4.69) is 12.2 Å². The molecule has 12 heavy (non-hydrogen) atoms. The molecule has 3 nitrogen and oxygen atoms in total. The molecular weight excluding hydrogens is 153 g/mol. The Bertz CT molecular complexity index is 132. The van der Waals surface area contributed by atoms with Crippen LogP contribution in [0.5, 0.6) is 0 Å². The Hall–Kier alpha value is -0.0551. The first-order chi connectivity index (χ1) is 5.70. The fourth-order valence-electron chi connectivity index (χ4n) is 1.87. The van der Waals surface area contributed by atoms with Crippen LogP contribution in [-0.4, -0.2) is 29.8 Å². The van der Waals surface area contributed by atoms with Gasteiger partial charge in [-0.25, -0.2) is 0 Å². The second kappa shape index (κ2) is 4.85. The van der Waals surface area contributed by atoms with E-state index in [1.807, 2.05) is 0 Å². The molecule has 0 radical (unpaired) electrons. The van der Waals surface area contributed by atoms with Crippen molar-refractivity contribution in [1.29, 1.82) is 0 Å². The lowest BCUT2D eigenvalue weighted by Crippen LogP contribution is -2.23. The molecule has 1 saturated heterocycles. The maximum Gasteiger partial charge on any atom is 0.451 e. The average Bonchev–Trinajstić information content (AvgIpc) is 2.36. The van der Waals surface area contributed by atoms with Crippen LogP contribution in [0, 0.1) is 5.92 Å². The molecule has 0 aliphatic carbocycles. The maximum absolute atomic E-state index is 8.63. The molecule has 3 N–H and O–H groups in total. The summed E-state index contributed by atoms with van der Waals surface area (Å²) in [6.45, 7) is 3.32. The zero-order valence-electron chi connectivity index (χ0n) is 7.66. The number of nitrogens with one attached hydrogen (secondary N) is 1. The molecule has 1 aliphatic heterocycles. The Labute approximate surface area is 74.3 Å². The van der Waals surface area contributed by atoms with Gasteiger partial charge in [0.2, 0.25) is 0 Å². The van der Waals surface area contributed by atoms with Crippen molar-refractivity contribution in [3.63, 3.8) is 0 Å². The molecule has 2 atom stereocenters. The van der Waals surface area contributed by atoms with Gasteiger partial charge in [-0.15, -0.1) is 0 Å². The van der Waals surface area contributed by atoms with Crippen LogP contribution < -0.4 is 5.32 Å². The standard InChI is InChI=1S/C8H18BNO2/c1-7-8(4-6-10-7)3-2-5-9(11)12/h7-8,10-12H,2-6H2,1H3/t7-,8-/m1/s1. The van der Waals surface area contributed by atoms with E-state index in [-0.39, 0.29) is 0 Å². The zero-order valence-corrected chi connectivity index (χ0v) is 7.66. The molecule has 1 rings (SSSR count). The lowest BCUT2D eigenvalue weighted by atomic mass is 9.81. The van der Waals surface area contributed by atoms with Crippen molar-refractivity contribution in [2.24, 2.45) is 5.92 Å². The maximum atomic E-state index is 8.63. The average molecular weight is 171 g/mol. The second-order valence-corrected chi connectivity index (χ2v) is 3.70. The predicted octanol–water partition coefficient (Wildman–Crippen LogP) is 0.237. The van der Waals surface area contributed by atoms with Crippen LogP contribution in [0.25, 0.3) is 0 Å². The number of rotatable bonds is 4. The highest BCUT2D eigenvalue weighted by atomic mass is 16.4. The van der Waals surface area contributed by atoms with Gasteiger partial charge in [-0.3, -0.25) is 0 Å². The van der Waals surface area contributed by atoms with E-state index in [1.54, 1.807) is 0 Å². The van der Waals surface area contributed by atoms with Crippen LogP contribution in [0.2, 0.25) is 6.32 Å². The van der Waals surface area contributed by atoms with Crippen LogP contribution in [0.1, 0.15) is 26.2 Å². The van der Waals surface area contributed by atoms with Crippen molar-refractivity contribution in [3.05, 3.63) is 0 Å². The highest BCUT2D eigenvalue weighted by Crippen LogP contribution is 2.21. The Kier molecular flexibility index (Phi) is 4.05. The molecular formula is C8H18BNO2. The molecule has 0 amide bonds. The minimum Gasteiger partial charge on any atom is -0.427 e. The number of hydrogen-bond acceptors (Lipinski definition) is 3. The fraction of sp³-hybridized carbons (Fsp3) is 1.00. The van der Waals surface area contributed by atoms with Crippen molar-refractivity contribution in [2.45, 2.75) is 38.5 Å². The van der Waals surface area contributed by atoms with E-state index < -0.39 is 7.12 Å². The summed E-state index contributed by atoms with van der Waals surface area (Å²) in [5.41, 5.74) is 0. The Morgan fingerprint density at radius 3 is 2.75 bits per heavy atom. The quantitative estimate of drug-likeness (QED) is 0.531. The first-order valence-electron chi connectivity index (χ1n) is 4.79. The molecule has 4 heteroatoms. The van der Waals surface area contributed by atoms with E-state index in [0.29, 0.717) is 12.4 Å². The van der Waals surface area contributed by atoms with E-state index >= 15 is 0 Å². The molecule has 0 aromatic heterocycles. The molecule has 1 fully saturated rings. The molecule has 0 unspecified atom stereocenters. The first-order valence-corrected chi connectivity index (χ1v) is 4.79. The van der Waals surface area contributed by atoms with Gasteiger partial charge in [0.15, 0.2) is 0 Å². The summed E-state index contributed by atoms with van der Waals surface area (Å²) < 4.78 is 0. The van der Waals surface area contributed by atoms with Crippen molar-refractivity contribution in [1.82, 2.24) is 5.32 Å². The lowest BCUT2D eigenvalue weighted by Gasteiger charge is -2.13. The van der Waals surface area contributed by atoms with E-state index in [1.165, 1.54) is 6.42 Å². The van der Waals surface area contributed by atoms with Gasteiger partial charge in [-0.05, 0) is 38.5 Å². The number of hydrogen-bond donors (Lipinski definition) is 3. The zero-order chi connectivity index (χ0) is 8.97. The van der Waals surface area contributed by atoms with E-state index in [0.717, 1.165) is 25.3 Å². The third-order valence-corrected chi connectivity index (χ3v) is 2.73. The summed E-state index contributed by atoms with van der Waals surface area (Å²) in [7, 11) is -1.12. The van der Waals surface area contributed by atoms with Crippen molar-refractivity contribution >= 4 is 7.12 Å². The van der Waals surface area contributed by atoms with Gasteiger partial charge in [0.05, 0.1) is 0 Å². The monoisotopic (exact) mass is 171 g/mol. The molecule has 0 bridgehead atoms. The minimum absolute atomic E-state index is 0.517. The predicted molar refractivity (Wildman–Crippen MR) is 49.8 cm³/mol. The van der Waals surface area contributed by atoms with Gasteiger partial charge >= 0.3 is 7.12 Å². The van der Waals surface area contributed by atoms with Gasteiger partial charge in [-0.2, -0.15) is 0 Å². The second-order valence-electron chi connectivity index (χ2n) is 3.70. The van der Waals surface area contributed by atoms with Gasteiger partial charge < -0.3 is 15.4 Å². The Morgan fingerprint density at radius 1 is 1.50 bits per heavy atom. The highest BCUT2D eigenvalue weighted by molar-refractivity contribution is 6.40. The third kappa shape index (κ3) is 3.13. The van der Waals surface area contributed by atoms with Crippen LogP contribution in [-0.2, 0) is 0 Å². The first kappa shape index (κ1) is 10.0. The lowest BCUT2D eigenvalue weighted by molar-refractivity contribution is 0.389. The minimum atomic E-state index is -1.12. The fourth-order valence-corrected chi connectivity index (χ4v) is 1.87. The van der Waals surface area contributed by atoms with Crippen molar-refractivity contribution < 1.29 is 10.0 Å². The summed E-state index contributed by atoms with van der Waals surface area (Å²) in [4.78, 5) is 0. The highest BCUT2D eigenvalue weighted by Gasteiger charge is 2.22. The molecule has 0 spiro atoms. The van der Waals surface area contributed by atoms with Gasteiger partial charge in [0.1, 0.15) is 0 Å². The smallest absolute Gasteiger partial charge is 0.427 e. The summed E-state index contributed by atoms with van der Waals surface area (Å²) in [5, 5.41) is 20.6. The molecule has 0 aromatic carbocycles. The van der Waals surface area contributed by atoms with Gasteiger partial charge in [-0.1, -0.05) is 6.42 Å². The van der Waals surface area contributed by atoms with Crippen LogP contribution in [0.15, 0.2) is 0 Å². The SMILES string of the molecule is C[C@H]1NCC[C@H]1CCCB(O)O. The van der Waals surface area contributed by atoms with Crippen LogP contribution in [0.3, 0.4) is 0 Å². The molecule has 1 heterocycles. The molecule has 70 valence electrons. The van der Waals surface area contributed by atoms with Crippen LogP contribution in [0.4, 0.5) is 0 Å². The normalized spacial score (nSPS) is 29.2. The van der Waals surface area contributed by atoms with Crippen LogP contribution >= 0.6 is 0 Å². The topological polar surface area (TPSA) is 52.5 Å². The van der Waals surface area contributed by atoms with Gasteiger partial charge in [0, 0.05) is 6.04 Å². The Balaban J connectivity index is 2.06. The molecule has 0 aromatic rings. The van der Waals surface area contributed by atoms with Crippen molar-refractivity contribution in [3.8, 4) is 0 Å². The summed E-state index contributed by atoms with van der Waals surface area (Å²) in [5.74, 6) is 0.740. The third-order valence-electron chi connectivity index (χ3n) is 2.73. The summed E-state index contributed by atoms with van der Waals surface area (Å²) in [6, 6.07) is 0.612. The molecule has 0 saturated carbocycles. The van der Waals surface area contributed by atoms with Crippen molar-refractivity contribution in [2.75, 3.05) is 6.54 Å². The van der Waals surface area contributed by atoms with E-state index in [4.69, 9.17) is 10.0 Å². The van der Waals surface area contributed by atoms with E-state index in [9.17, 15) is 0 Å². The summed E-state index contributed by atoms with van der Waals surface area (Å²) >= 11 is 0. The largest absolute Gasteiger partial charge is 0.451 e. The Morgan fingerprint density at radius 2 is 2.25 bits per heavy atom. The molecule has 1 aliphatic rings. The summed E-state index contributed by atoms with van der Waals surface area (Å²) in [6.07, 6.45) is 3.80. The van der Waals surface area contributed by atoms with Gasteiger partial charge in [0.25, 0.3) is 0 Å².